The van der Waals surface area contributed by atoms with Gasteiger partial charge >= 0.3 is 7.60 Å². The third-order valence-corrected chi connectivity index (χ3v) is 10.8. The molecule has 0 radical (unpaired) electrons. The standard InChI is InChI=1S/C31H37N6O8P.ClH/c38-26-15-13-23(35-26)29(40)33-19-5-9-21(10-6-19)44-46(43,28-4-2-18-37(28)31(42)25-3-1-17-32-25)45-22-11-7-20(8-12-22)34-30(41)24-14-16-27(39)36-24;/h5-12,23-25,28,32H,1-4,13-18H2,(H,33,40)(H,34,41)(H,35,38)(H,36,39);1H/t23-,24-,25?,28+;/m0./s1. The van der Waals surface area contributed by atoms with E-state index in [1.54, 1.807) is 53.4 Å². The fraction of sp³-hybridized carbons (Fsp3) is 0.452. The first-order valence-electron chi connectivity index (χ1n) is 15.6. The maximum atomic E-state index is 14.7. The van der Waals surface area contributed by atoms with Gasteiger partial charge in [0.25, 0.3) is 0 Å². The van der Waals surface area contributed by atoms with Gasteiger partial charge in [0.1, 0.15) is 23.6 Å². The fourth-order valence-electron chi connectivity index (χ4n) is 6.14. The third kappa shape index (κ3) is 8.06. The number of carbonyl (C=O) groups excluding carboxylic acids is 5. The predicted molar refractivity (Wildman–Crippen MR) is 174 cm³/mol. The quantitative estimate of drug-likeness (QED) is 0.234. The Morgan fingerprint density at radius 2 is 1.23 bits per heavy atom. The van der Waals surface area contributed by atoms with Crippen molar-refractivity contribution in [1.82, 2.24) is 20.9 Å². The average Bonchev–Trinajstić information content (AvgIpc) is 3.87. The Bertz CT molecular complexity index is 1460. The van der Waals surface area contributed by atoms with Crippen LogP contribution in [0.25, 0.3) is 0 Å². The summed E-state index contributed by atoms with van der Waals surface area (Å²) >= 11 is 0. The Balaban J connectivity index is 0.00000433. The van der Waals surface area contributed by atoms with Crippen molar-refractivity contribution in [2.45, 2.75) is 75.3 Å². The number of likely N-dealkylation sites (tertiary alicyclic amines) is 1. The minimum Gasteiger partial charge on any atom is -0.415 e. The van der Waals surface area contributed by atoms with Crippen LogP contribution in [-0.2, 0) is 28.5 Å². The molecule has 16 heteroatoms. The second-order valence-electron chi connectivity index (χ2n) is 11.9. The molecule has 2 aromatic rings. The number of hydrogen-bond acceptors (Lipinski definition) is 9. The molecule has 0 bridgehead atoms. The number of rotatable bonds is 10. The van der Waals surface area contributed by atoms with Crippen LogP contribution < -0.4 is 35.6 Å². The van der Waals surface area contributed by atoms with Crippen molar-refractivity contribution in [2.24, 2.45) is 0 Å². The number of nitrogens with zero attached hydrogens (tertiary/aromatic N) is 1. The summed E-state index contributed by atoms with van der Waals surface area (Å²) < 4.78 is 27.0. The van der Waals surface area contributed by atoms with E-state index in [1.807, 2.05) is 0 Å². The molecule has 0 saturated carbocycles. The summed E-state index contributed by atoms with van der Waals surface area (Å²) in [5.41, 5.74) is 0.933. The van der Waals surface area contributed by atoms with Crippen LogP contribution in [0, 0.1) is 0 Å². The van der Waals surface area contributed by atoms with Gasteiger partial charge in [-0.05, 0) is 93.6 Å². The van der Waals surface area contributed by atoms with E-state index >= 15 is 0 Å². The smallest absolute Gasteiger partial charge is 0.415 e. The third-order valence-electron chi connectivity index (χ3n) is 8.56. The zero-order valence-electron chi connectivity index (χ0n) is 25.6. The Morgan fingerprint density at radius 3 is 1.66 bits per heavy atom. The summed E-state index contributed by atoms with van der Waals surface area (Å²) in [5, 5.41) is 14.0. The number of anilines is 2. The van der Waals surface area contributed by atoms with Gasteiger partial charge in [-0.3, -0.25) is 24.0 Å². The van der Waals surface area contributed by atoms with Crippen LogP contribution >= 0.6 is 20.0 Å². The van der Waals surface area contributed by atoms with Crippen molar-refractivity contribution in [1.29, 1.82) is 0 Å². The monoisotopic (exact) mass is 688 g/mol. The highest BCUT2D eigenvalue weighted by Crippen LogP contribution is 2.57. The normalized spacial score (nSPS) is 23.8. The van der Waals surface area contributed by atoms with E-state index in [2.05, 4.69) is 26.6 Å². The van der Waals surface area contributed by atoms with Gasteiger partial charge in [0.05, 0.1) is 6.04 Å². The Morgan fingerprint density at radius 1 is 0.723 bits per heavy atom. The summed E-state index contributed by atoms with van der Waals surface area (Å²) in [4.78, 5) is 63.1. The fourth-order valence-corrected chi connectivity index (χ4v) is 8.32. The van der Waals surface area contributed by atoms with E-state index in [-0.39, 0.29) is 59.5 Å². The average molecular weight is 689 g/mol. The summed E-state index contributed by atoms with van der Waals surface area (Å²) in [6.07, 6.45) is 4.07. The molecule has 0 aromatic heterocycles. The Labute approximate surface area is 278 Å². The maximum Gasteiger partial charge on any atom is 0.453 e. The molecule has 4 aliphatic heterocycles. The molecule has 4 saturated heterocycles. The van der Waals surface area contributed by atoms with Gasteiger partial charge in [0.15, 0.2) is 5.78 Å². The van der Waals surface area contributed by atoms with Crippen LogP contribution in [0.15, 0.2) is 48.5 Å². The van der Waals surface area contributed by atoms with Crippen LogP contribution in [0.5, 0.6) is 11.5 Å². The lowest BCUT2D eigenvalue weighted by molar-refractivity contribution is -0.133. The first-order chi connectivity index (χ1) is 22.2. The molecular formula is C31H38ClN6O8P. The molecule has 4 fully saturated rings. The molecule has 252 valence electrons. The highest BCUT2D eigenvalue weighted by atomic mass is 35.5. The van der Waals surface area contributed by atoms with E-state index in [4.69, 9.17) is 9.05 Å². The number of hydrogen-bond donors (Lipinski definition) is 5. The lowest BCUT2D eigenvalue weighted by Gasteiger charge is -2.32. The molecule has 14 nitrogen and oxygen atoms in total. The molecule has 2 aromatic carbocycles. The predicted octanol–water partition coefficient (Wildman–Crippen LogP) is 2.89. The van der Waals surface area contributed by atoms with E-state index in [1.165, 1.54) is 0 Å². The Kier molecular flexibility index (Phi) is 10.7. The number of carbonyl (C=O) groups is 5. The summed E-state index contributed by atoms with van der Waals surface area (Å²) in [6.45, 7) is 1.16. The molecule has 4 atom stereocenters. The second kappa shape index (κ2) is 14.7. The molecule has 1 unspecified atom stereocenters. The van der Waals surface area contributed by atoms with Gasteiger partial charge in [-0.15, -0.1) is 12.4 Å². The van der Waals surface area contributed by atoms with Crippen LogP contribution in [0.4, 0.5) is 11.4 Å². The van der Waals surface area contributed by atoms with Crippen LogP contribution in [0.2, 0.25) is 0 Å². The second-order valence-corrected chi connectivity index (χ2v) is 13.9. The van der Waals surface area contributed by atoms with Gasteiger partial charge in [0.2, 0.25) is 29.5 Å². The highest BCUT2D eigenvalue weighted by Gasteiger charge is 2.49. The molecule has 0 aliphatic carbocycles. The molecule has 0 spiro atoms. The minimum atomic E-state index is -4.09. The number of amides is 5. The first kappa shape index (κ1) is 34.2. The number of benzene rings is 2. The largest absolute Gasteiger partial charge is 0.453 e. The lowest BCUT2D eigenvalue weighted by Crippen LogP contribution is -2.46. The van der Waals surface area contributed by atoms with Crippen molar-refractivity contribution < 1.29 is 37.6 Å². The first-order valence-corrected chi connectivity index (χ1v) is 17.2. The lowest BCUT2D eigenvalue weighted by atomic mass is 10.2. The van der Waals surface area contributed by atoms with E-state index in [9.17, 15) is 28.5 Å². The van der Waals surface area contributed by atoms with Crippen molar-refractivity contribution in [3.63, 3.8) is 0 Å². The molecule has 6 rings (SSSR count). The maximum absolute atomic E-state index is 14.7. The highest BCUT2D eigenvalue weighted by molar-refractivity contribution is 7.55. The molecule has 4 heterocycles. The van der Waals surface area contributed by atoms with Crippen molar-refractivity contribution in [3.05, 3.63) is 48.5 Å². The van der Waals surface area contributed by atoms with Crippen LogP contribution in [-0.4, -0.2) is 71.4 Å². The molecule has 5 N–H and O–H groups in total. The molecule has 5 amide bonds. The summed E-state index contributed by atoms with van der Waals surface area (Å²) in [7, 11) is -4.09. The van der Waals surface area contributed by atoms with Gasteiger partial charge in [-0.2, -0.15) is 0 Å². The topological polar surface area (TPSA) is 184 Å². The molecule has 4 aliphatic rings. The number of halogens is 1. The van der Waals surface area contributed by atoms with Crippen molar-refractivity contribution in [2.75, 3.05) is 23.7 Å². The number of nitrogens with one attached hydrogen (secondary N) is 5. The van der Waals surface area contributed by atoms with Crippen molar-refractivity contribution in [3.8, 4) is 11.5 Å². The van der Waals surface area contributed by atoms with Gasteiger partial charge in [0, 0.05) is 30.8 Å². The van der Waals surface area contributed by atoms with E-state index in [0.29, 0.717) is 62.9 Å². The van der Waals surface area contributed by atoms with Crippen molar-refractivity contribution >= 4 is 60.9 Å². The molecule has 47 heavy (non-hydrogen) atoms. The SMILES string of the molecule is Cl.O=C1CC[C@@H](C(=O)Nc2ccc(OP(=O)(Oc3ccc(NC(=O)[C@@H]4CCC(=O)N4)cc3)[C@@H]3CCCN3C(=O)C3CCCN3)cc2)N1. The zero-order valence-corrected chi connectivity index (χ0v) is 27.3. The minimum absolute atomic E-state index is 0. The van der Waals surface area contributed by atoms with Gasteiger partial charge in [-0.25, -0.2) is 4.57 Å². The molecular weight excluding hydrogens is 651 g/mol. The van der Waals surface area contributed by atoms with Crippen LogP contribution in [0.1, 0.15) is 51.4 Å². The van der Waals surface area contributed by atoms with Gasteiger partial charge in [-0.1, -0.05) is 0 Å². The van der Waals surface area contributed by atoms with E-state index < -0.39 is 25.5 Å². The van der Waals surface area contributed by atoms with E-state index in [0.717, 1.165) is 13.0 Å². The summed E-state index contributed by atoms with van der Waals surface area (Å²) in [6, 6.07) is 11.1. The summed E-state index contributed by atoms with van der Waals surface area (Å²) in [5.74, 6) is -1.53. The van der Waals surface area contributed by atoms with Crippen LogP contribution in [0.3, 0.4) is 0 Å². The zero-order chi connectivity index (χ0) is 32.3. The van der Waals surface area contributed by atoms with Gasteiger partial charge < -0.3 is 40.5 Å². The Hall–Kier alpha value is -4.13.